The summed E-state index contributed by atoms with van der Waals surface area (Å²) in [5, 5.41) is 10.5. The molecule has 0 aliphatic carbocycles. The minimum atomic E-state index is -0.832. The highest BCUT2D eigenvalue weighted by Crippen LogP contribution is 2.32. The third kappa shape index (κ3) is 2.47. The number of aliphatic hydroxyl groups excluding tert-OH is 1. The van der Waals surface area contributed by atoms with E-state index in [9.17, 15) is 9.50 Å². The van der Waals surface area contributed by atoms with Gasteiger partial charge in [0.2, 0.25) is 0 Å². The molecule has 0 fully saturated rings. The number of methoxy groups -OCH3 is 1. The van der Waals surface area contributed by atoms with Crippen LogP contribution in [0, 0.1) is 5.82 Å². The van der Waals surface area contributed by atoms with Gasteiger partial charge < -0.3 is 14.7 Å². The Morgan fingerprint density at radius 3 is 2.62 bits per heavy atom. The van der Waals surface area contributed by atoms with E-state index in [2.05, 4.69) is 11.9 Å². The second-order valence-corrected chi connectivity index (χ2v) is 5.36. The lowest BCUT2D eigenvalue weighted by Gasteiger charge is -2.16. The molecule has 2 aromatic rings. The molecule has 0 radical (unpaired) electrons. The van der Waals surface area contributed by atoms with Gasteiger partial charge in [-0.1, -0.05) is 18.2 Å². The van der Waals surface area contributed by atoms with Gasteiger partial charge in [-0.25, -0.2) is 4.39 Å². The predicted molar refractivity (Wildman–Crippen MR) is 80.4 cm³/mol. The fraction of sp³-hybridized carbons (Fsp3) is 0.294. The molecule has 4 heteroatoms. The summed E-state index contributed by atoms with van der Waals surface area (Å²) < 4.78 is 18.7. The number of likely N-dealkylation sites (N-methyl/N-ethyl adjacent to an activating group) is 1. The smallest absolute Gasteiger partial charge is 0.165 e. The van der Waals surface area contributed by atoms with Gasteiger partial charge in [0.25, 0.3) is 0 Å². The fourth-order valence-electron chi connectivity index (χ4n) is 2.80. The molecule has 21 heavy (non-hydrogen) atoms. The van der Waals surface area contributed by atoms with E-state index in [0.717, 1.165) is 18.5 Å². The summed E-state index contributed by atoms with van der Waals surface area (Å²) in [4.78, 5) is 2.19. The van der Waals surface area contributed by atoms with Crippen LogP contribution in [0.15, 0.2) is 36.4 Å². The number of aliphatic hydroxyl groups is 1. The van der Waals surface area contributed by atoms with Crippen LogP contribution >= 0.6 is 0 Å². The standard InChI is InChI=1S/C17H18FNO2/c1-19-8-7-11-9-12(3-5-15(11)19)17(20)13-4-6-16(21-2)14(18)10-13/h3-6,9-10,17,20H,7-8H2,1-2H3. The number of hydrogen-bond acceptors (Lipinski definition) is 3. The van der Waals surface area contributed by atoms with Gasteiger partial charge in [-0.05, 0) is 41.3 Å². The molecule has 110 valence electrons. The van der Waals surface area contributed by atoms with E-state index in [1.54, 1.807) is 6.07 Å². The Balaban J connectivity index is 1.92. The van der Waals surface area contributed by atoms with Crippen molar-refractivity contribution in [3.8, 4) is 5.75 Å². The van der Waals surface area contributed by atoms with Gasteiger partial charge in [0.05, 0.1) is 7.11 Å². The van der Waals surface area contributed by atoms with E-state index in [1.807, 2.05) is 18.2 Å². The lowest BCUT2D eigenvalue weighted by molar-refractivity contribution is 0.219. The van der Waals surface area contributed by atoms with Crippen molar-refractivity contribution >= 4 is 5.69 Å². The lowest BCUT2D eigenvalue weighted by atomic mass is 9.98. The van der Waals surface area contributed by atoms with Gasteiger partial charge in [-0.3, -0.25) is 0 Å². The highest BCUT2D eigenvalue weighted by atomic mass is 19.1. The Morgan fingerprint density at radius 2 is 1.90 bits per heavy atom. The molecular formula is C17H18FNO2. The third-order valence-electron chi connectivity index (χ3n) is 4.04. The van der Waals surface area contributed by atoms with Crippen LogP contribution in [-0.4, -0.2) is 25.8 Å². The zero-order chi connectivity index (χ0) is 15.0. The van der Waals surface area contributed by atoms with E-state index in [4.69, 9.17) is 4.74 Å². The second kappa shape index (κ2) is 5.37. The van der Waals surface area contributed by atoms with Gasteiger partial charge in [-0.2, -0.15) is 0 Å². The molecule has 1 unspecified atom stereocenters. The third-order valence-corrected chi connectivity index (χ3v) is 4.04. The maximum absolute atomic E-state index is 13.8. The lowest BCUT2D eigenvalue weighted by Crippen LogP contribution is -2.12. The quantitative estimate of drug-likeness (QED) is 0.942. The molecule has 1 aliphatic heterocycles. The number of rotatable bonds is 3. The summed E-state index contributed by atoms with van der Waals surface area (Å²) in [6, 6.07) is 10.5. The minimum absolute atomic E-state index is 0.182. The van der Waals surface area contributed by atoms with Crippen LogP contribution < -0.4 is 9.64 Å². The van der Waals surface area contributed by atoms with Crippen LogP contribution in [0.1, 0.15) is 22.8 Å². The molecule has 1 atom stereocenters. The van der Waals surface area contributed by atoms with E-state index in [-0.39, 0.29) is 5.75 Å². The largest absolute Gasteiger partial charge is 0.494 e. The van der Waals surface area contributed by atoms with Crippen LogP contribution in [-0.2, 0) is 6.42 Å². The van der Waals surface area contributed by atoms with Gasteiger partial charge >= 0.3 is 0 Å². The molecular weight excluding hydrogens is 269 g/mol. The summed E-state index contributed by atoms with van der Waals surface area (Å²) in [5.41, 5.74) is 3.74. The van der Waals surface area contributed by atoms with Crippen LogP contribution in [0.5, 0.6) is 5.75 Å². The highest BCUT2D eigenvalue weighted by Gasteiger charge is 2.19. The summed E-state index contributed by atoms with van der Waals surface area (Å²) >= 11 is 0. The molecule has 1 heterocycles. The molecule has 0 spiro atoms. The van der Waals surface area contributed by atoms with Crippen molar-refractivity contribution in [2.24, 2.45) is 0 Å². The SMILES string of the molecule is COc1ccc(C(O)c2ccc3c(c2)CCN3C)cc1F. The predicted octanol–water partition coefficient (Wildman–Crippen LogP) is 2.91. The number of anilines is 1. The van der Waals surface area contributed by atoms with Gasteiger partial charge in [0.15, 0.2) is 11.6 Å². The summed E-state index contributed by atoms with van der Waals surface area (Å²) in [6.45, 7) is 0.992. The van der Waals surface area contributed by atoms with Crippen molar-refractivity contribution in [3.63, 3.8) is 0 Å². The zero-order valence-electron chi connectivity index (χ0n) is 12.1. The number of fused-ring (bicyclic) bond motifs is 1. The maximum Gasteiger partial charge on any atom is 0.165 e. The summed E-state index contributed by atoms with van der Waals surface area (Å²) in [6.07, 6.45) is 0.144. The van der Waals surface area contributed by atoms with Crippen molar-refractivity contribution in [3.05, 3.63) is 58.9 Å². The number of hydrogen-bond donors (Lipinski definition) is 1. The second-order valence-electron chi connectivity index (χ2n) is 5.36. The Labute approximate surface area is 123 Å². The average Bonchev–Trinajstić information content (AvgIpc) is 2.87. The van der Waals surface area contributed by atoms with Gasteiger partial charge in [-0.15, -0.1) is 0 Å². The van der Waals surface area contributed by atoms with E-state index in [0.29, 0.717) is 5.56 Å². The normalized spacial score (nSPS) is 15.0. The first kappa shape index (κ1) is 13.9. The van der Waals surface area contributed by atoms with Crippen LogP contribution in [0.4, 0.5) is 10.1 Å². The van der Waals surface area contributed by atoms with Crippen molar-refractivity contribution < 1.29 is 14.2 Å². The Kier molecular flexibility index (Phi) is 3.55. The number of halogens is 1. The molecule has 3 rings (SSSR count). The molecule has 0 aromatic heterocycles. The topological polar surface area (TPSA) is 32.7 Å². The Hall–Kier alpha value is -2.07. The molecule has 1 aliphatic rings. The number of nitrogens with zero attached hydrogens (tertiary/aromatic N) is 1. The van der Waals surface area contributed by atoms with E-state index >= 15 is 0 Å². The summed E-state index contributed by atoms with van der Waals surface area (Å²) in [5.74, 6) is -0.281. The summed E-state index contributed by atoms with van der Waals surface area (Å²) in [7, 11) is 3.48. The first-order valence-electron chi connectivity index (χ1n) is 6.95. The van der Waals surface area contributed by atoms with Gasteiger partial charge in [0, 0.05) is 19.3 Å². The molecule has 0 amide bonds. The Morgan fingerprint density at radius 1 is 1.19 bits per heavy atom. The van der Waals surface area contributed by atoms with Crippen molar-refractivity contribution in [1.29, 1.82) is 0 Å². The maximum atomic E-state index is 13.8. The average molecular weight is 287 g/mol. The highest BCUT2D eigenvalue weighted by molar-refractivity contribution is 5.59. The van der Waals surface area contributed by atoms with Crippen LogP contribution in [0.2, 0.25) is 0 Å². The molecule has 1 N–H and O–H groups in total. The first-order valence-corrected chi connectivity index (χ1v) is 6.95. The van der Waals surface area contributed by atoms with Crippen molar-refractivity contribution in [1.82, 2.24) is 0 Å². The van der Waals surface area contributed by atoms with E-state index in [1.165, 1.54) is 30.5 Å². The molecule has 0 bridgehead atoms. The monoisotopic (exact) mass is 287 g/mol. The van der Waals surface area contributed by atoms with Gasteiger partial charge in [0.1, 0.15) is 6.10 Å². The van der Waals surface area contributed by atoms with Crippen LogP contribution in [0.3, 0.4) is 0 Å². The molecule has 0 saturated carbocycles. The van der Waals surface area contributed by atoms with Crippen molar-refractivity contribution in [2.45, 2.75) is 12.5 Å². The number of benzene rings is 2. The van der Waals surface area contributed by atoms with E-state index < -0.39 is 11.9 Å². The zero-order valence-corrected chi connectivity index (χ0v) is 12.1. The van der Waals surface area contributed by atoms with Crippen molar-refractivity contribution in [2.75, 3.05) is 25.6 Å². The number of ether oxygens (including phenoxy) is 1. The first-order chi connectivity index (χ1) is 10.1. The fourth-order valence-corrected chi connectivity index (χ4v) is 2.80. The molecule has 2 aromatic carbocycles. The Bertz CT molecular complexity index is 672. The minimum Gasteiger partial charge on any atom is -0.494 e. The molecule has 3 nitrogen and oxygen atoms in total. The molecule has 0 saturated heterocycles. The van der Waals surface area contributed by atoms with Crippen LogP contribution in [0.25, 0.3) is 0 Å².